The normalized spacial score (nSPS) is 10.5. The average molecular weight is 344 g/mol. The lowest BCUT2D eigenvalue weighted by Crippen LogP contribution is -1.98. The summed E-state index contributed by atoms with van der Waals surface area (Å²) in [6.45, 7) is 2.04. The third-order valence-electron chi connectivity index (χ3n) is 3.03. The number of rotatable bonds is 7. The van der Waals surface area contributed by atoms with Crippen LogP contribution in [0.3, 0.4) is 0 Å². The van der Waals surface area contributed by atoms with E-state index in [0.29, 0.717) is 23.7 Å². The number of nitro groups is 1. The molecule has 2 aromatic rings. The molecule has 25 heavy (non-hydrogen) atoms. The van der Waals surface area contributed by atoms with Gasteiger partial charge < -0.3 is 14.2 Å². The summed E-state index contributed by atoms with van der Waals surface area (Å²) < 4.78 is 15.7. The van der Waals surface area contributed by atoms with E-state index in [2.05, 4.69) is 4.98 Å². The van der Waals surface area contributed by atoms with Gasteiger partial charge in [-0.3, -0.25) is 10.1 Å². The number of nitrogens with zero attached hydrogens (tertiary/aromatic N) is 2. The molecular weight excluding hydrogens is 328 g/mol. The molecule has 8 heteroatoms. The topological polar surface area (TPSA) is 101 Å². The minimum Gasteiger partial charge on any atom is -0.493 e. The number of carbonyl (C=O) groups is 1. The van der Waals surface area contributed by atoms with E-state index < -0.39 is 10.9 Å². The Kier molecular flexibility index (Phi) is 6.05. The van der Waals surface area contributed by atoms with E-state index >= 15 is 0 Å². The smallest absolute Gasteiger partial charge is 0.330 e. The van der Waals surface area contributed by atoms with Crippen LogP contribution >= 0.6 is 0 Å². The zero-order valence-corrected chi connectivity index (χ0v) is 13.7. The highest BCUT2D eigenvalue weighted by Crippen LogP contribution is 2.32. The first-order chi connectivity index (χ1) is 12.0. The van der Waals surface area contributed by atoms with Gasteiger partial charge in [-0.2, -0.15) is 0 Å². The highest BCUT2D eigenvalue weighted by molar-refractivity contribution is 5.87. The molecule has 1 aromatic carbocycles. The fourth-order valence-corrected chi connectivity index (χ4v) is 1.88. The van der Waals surface area contributed by atoms with Crippen molar-refractivity contribution in [2.75, 3.05) is 13.7 Å². The molecule has 0 aliphatic heterocycles. The molecule has 0 radical (unpaired) electrons. The van der Waals surface area contributed by atoms with Gasteiger partial charge in [-0.25, -0.2) is 9.78 Å². The van der Waals surface area contributed by atoms with E-state index in [1.54, 1.807) is 31.2 Å². The van der Waals surface area contributed by atoms with Gasteiger partial charge >= 0.3 is 5.97 Å². The molecule has 0 atom stereocenters. The molecule has 2 rings (SSSR count). The summed E-state index contributed by atoms with van der Waals surface area (Å²) in [5.74, 6) is 0.568. The lowest BCUT2D eigenvalue weighted by Gasteiger charge is -2.10. The van der Waals surface area contributed by atoms with Crippen LogP contribution in [0, 0.1) is 10.1 Å². The van der Waals surface area contributed by atoms with Crippen LogP contribution in [0.25, 0.3) is 6.08 Å². The molecule has 0 fully saturated rings. The van der Waals surface area contributed by atoms with Crippen molar-refractivity contribution in [3.63, 3.8) is 0 Å². The lowest BCUT2D eigenvalue weighted by atomic mass is 10.2. The van der Waals surface area contributed by atoms with Gasteiger partial charge in [-0.05, 0) is 30.7 Å². The molecule has 1 heterocycles. The Morgan fingerprint density at radius 2 is 2.08 bits per heavy atom. The van der Waals surface area contributed by atoms with Crippen molar-refractivity contribution in [3.8, 4) is 17.4 Å². The summed E-state index contributed by atoms with van der Waals surface area (Å²) in [5, 5.41) is 10.6. The zero-order chi connectivity index (χ0) is 18.2. The van der Waals surface area contributed by atoms with Crippen molar-refractivity contribution in [2.24, 2.45) is 0 Å². The first-order valence-electron chi connectivity index (χ1n) is 7.34. The summed E-state index contributed by atoms with van der Waals surface area (Å²) in [4.78, 5) is 25.3. The Morgan fingerprint density at radius 1 is 1.28 bits per heavy atom. The van der Waals surface area contributed by atoms with E-state index in [1.807, 2.05) is 0 Å². The van der Waals surface area contributed by atoms with Gasteiger partial charge in [0.2, 0.25) is 5.88 Å². The Hall–Kier alpha value is -3.42. The summed E-state index contributed by atoms with van der Waals surface area (Å²) >= 11 is 0. The van der Waals surface area contributed by atoms with Crippen LogP contribution in [-0.4, -0.2) is 29.6 Å². The van der Waals surface area contributed by atoms with Crippen LogP contribution in [0.4, 0.5) is 5.69 Å². The highest BCUT2D eigenvalue weighted by atomic mass is 16.6. The molecule has 1 aromatic heterocycles. The molecule has 0 unspecified atom stereocenters. The van der Waals surface area contributed by atoms with Gasteiger partial charge in [-0.15, -0.1) is 0 Å². The lowest BCUT2D eigenvalue weighted by molar-refractivity contribution is -0.385. The largest absolute Gasteiger partial charge is 0.493 e. The van der Waals surface area contributed by atoms with E-state index in [0.717, 1.165) is 6.20 Å². The highest BCUT2D eigenvalue weighted by Gasteiger charge is 2.10. The quantitative estimate of drug-likeness (QED) is 0.328. The molecule has 0 aliphatic carbocycles. The Bertz CT molecular complexity index is 786. The molecule has 8 nitrogen and oxygen atoms in total. The van der Waals surface area contributed by atoms with E-state index in [9.17, 15) is 14.9 Å². The number of carbonyl (C=O) groups excluding carboxylic acids is 1. The monoisotopic (exact) mass is 344 g/mol. The average Bonchev–Trinajstić information content (AvgIpc) is 2.61. The van der Waals surface area contributed by atoms with Crippen LogP contribution in [-0.2, 0) is 9.53 Å². The second-order valence-electron chi connectivity index (χ2n) is 4.71. The molecule has 130 valence electrons. The molecular formula is C17H16N2O6. The van der Waals surface area contributed by atoms with Crippen molar-refractivity contribution in [2.45, 2.75) is 6.92 Å². The second-order valence-corrected chi connectivity index (χ2v) is 4.71. The third-order valence-corrected chi connectivity index (χ3v) is 3.03. The van der Waals surface area contributed by atoms with Crippen molar-refractivity contribution >= 4 is 17.7 Å². The maximum absolute atomic E-state index is 11.3. The van der Waals surface area contributed by atoms with Crippen LogP contribution in [0.15, 0.2) is 42.6 Å². The SMILES string of the molecule is CCOC(=O)/C=C/c1ccc(Oc2ccc([N+](=O)[O-])cn2)c(OC)c1. The summed E-state index contributed by atoms with van der Waals surface area (Å²) in [7, 11) is 1.48. The van der Waals surface area contributed by atoms with E-state index in [1.165, 1.54) is 25.3 Å². The maximum Gasteiger partial charge on any atom is 0.330 e. The molecule has 0 saturated heterocycles. The van der Waals surface area contributed by atoms with Gasteiger partial charge in [0.05, 0.1) is 18.6 Å². The van der Waals surface area contributed by atoms with Crippen LogP contribution in [0.1, 0.15) is 12.5 Å². The van der Waals surface area contributed by atoms with Crippen molar-refractivity contribution < 1.29 is 23.9 Å². The molecule has 0 N–H and O–H groups in total. The van der Waals surface area contributed by atoms with Crippen molar-refractivity contribution in [3.05, 3.63) is 58.3 Å². The van der Waals surface area contributed by atoms with Gasteiger partial charge in [-0.1, -0.05) is 6.07 Å². The Balaban J connectivity index is 2.16. The standard InChI is InChI=1S/C17H16N2O6/c1-3-24-17(20)9-5-12-4-7-14(15(10-12)23-2)25-16-8-6-13(11-18-16)19(21)22/h4-11H,3H2,1-2H3/b9-5+. The predicted molar refractivity (Wildman–Crippen MR) is 89.6 cm³/mol. The Morgan fingerprint density at radius 3 is 2.68 bits per heavy atom. The fourth-order valence-electron chi connectivity index (χ4n) is 1.88. The van der Waals surface area contributed by atoms with Crippen LogP contribution in [0.5, 0.6) is 17.4 Å². The minimum absolute atomic E-state index is 0.126. The van der Waals surface area contributed by atoms with Crippen molar-refractivity contribution in [1.82, 2.24) is 4.98 Å². The van der Waals surface area contributed by atoms with E-state index in [4.69, 9.17) is 14.2 Å². The van der Waals surface area contributed by atoms with Crippen LogP contribution < -0.4 is 9.47 Å². The first-order valence-corrected chi connectivity index (χ1v) is 7.34. The summed E-state index contributed by atoms with van der Waals surface area (Å²) in [6.07, 6.45) is 4.02. The second kappa shape index (κ2) is 8.44. The third kappa shape index (κ3) is 5.03. The summed E-state index contributed by atoms with van der Waals surface area (Å²) in [6, 6.07) is 7.74. The number of aromatic nitrogens is 1. The van der Waals surface area contributed by atoms with Gasteiger partial charge in [0.1, 0.15) is 6.20 Å². The van der Waals surface area contributed by atoms with Crippen LogP contribution in [0.2, 0.25) is 0 Å². The molecule has 0 spiro atoms. The molecule has 0 bridgehead atoms. The Labute approximate surface area is 143 Å². The molecule has 0 saturated carbocycles. The number of esters is 1. The predicted octanol–water partition coefficient (Wildman–Crippen LogP) is 3.37. The maximum atomic E-state index is 11.3. The minimum atomic E-state index is -0.540. The van der Waals surface area contributed by atoms with Gasteiger partial charge in [0.15, 0.2) is 11.5 Å². The number of benzene rings is 1. The van der Waals surface area contributed by atoms with Crippen molar-refractivity contribution in [1.29, 1.82) is 0 Å². The number of methoxy groups -OCH3 is 1. The molecule has 0 amide bonds. The van der Waals surface area contributed by atoms with Gasteiger partial charge in [0, 0.05) is 18.2 Å². The zero-order valence-electron chi connectivity index (χ0n) is 13.7. The summed E-state index contributed by atoms with van der Waals surface area (Å²) in [5.41, 5.74) is 0.590. The first kappa shape index (κ1) is 17.9. The fraction of sp³-hybridized carbons (Fsp3) is 0.176. The number of ether oxygens (including phenoxy) is 3. The number of hydrogen-bond donors (Lipinski definition) is 0. The number of hydrogen-bond acceptors (Lipinski definition) is 7. The van der Waals surface area contributed by atoms with E-state index in [-0.39, 0.29) is 11.6 Å². The van der Waals surface area contributed by atoms with Gasteiger partial charge in [0.25, 0.3) is 5.69 Å². The number of pyridine rings is 1. The molecule has 0 aliphatic rings.